The number of nitrogens with one attached hydrogen (secondary N) is 1. The molecule has 0 bridgehead atoms. The van der Waals surface area contributed by atoms with Gasteiger partial charge in [0.1, 0.15) is 11.6 Å². The van der Waals surface area contributed by atoms with Crippen molar-refractivity contribution in [1.82, 2.24) is 9.78 Å². The molecule has 3 aromatic rings. The first-order chi connectivity index (χ1) is 12.5. The third kappa shape index (κ3) is 4.16. The number of aromatic nitrogens is 2. The Hall–Kier alpha value is -2.12. The van der Waals surface area contributed by atoms with Gasteiger partial charge in [-0.3, -0.25) is 9.48 Å². The van der Waals surface area contributed by atoms with Gasteiger partial charge in [-0.15, -0.1) is 11.8 Å². The number of halogens is 2. The van der Waals surface area contributed by atoms with Gasteiger partial charge in [0, 0.05) is 22.0 Å². The standard InChI is InChI=1S/C19H17BrFN3OS/c1-12-18(13-7-9-14(20)10-8-13)19(24(2)23-12)22-17(25)11-26-16-6-4-3-5-15(16)21/h3-10H,11H2,1-2H3,(H,22,25). The number of nitrogens with zero attached hydrogens (tertiary/aromatic N) is 2. The lowest BCUT2D eigenvalue weighted by Crippen LogP contribution is -2.17. The highest BCUT2D eigenvalue weighted by atomic mass is 79.9. The van der Waals surface area contributed by atoms with Gasteiger partial charge >= 0.3 is 0 Å². The summed E-state index contributed by atoms with van der Waals surface area (Å²) in [6.45, 7) is 1.90. The number of carbonyl (C=O) groups is 1. The van der Waals surface area contributed by atoms with Crippen molar-refractivity contribution in [2.45, 2.75) is 11.8 Å². The maximum Gasteiger partial charge on any atom is 0.235 e. The van der Waals surface area contributed by atoms with Crippen LogP contribution in [0.2, 0.25) is 0 Å². The normalized spacial score (nSPS) is 10.8. The van der Waals surface area contributed by atoms with Crippen molar-refractivity contribution in [3.05, 3.63) is 64.5 Å². The molecule has 3 rings (SSSR count). The number of carbonyl (C=O) groups excluding carboxylic acids is 1. The van der Waals surface area contributed by atoms with E-state index >= 15 is 0 Å². The molecule has 0 aliphatic heterocycles. The molecular formula is C19H17BrFN3OS. The lowest BCUT2D eigenvalue weighted by atomic mass is 10.1. The predicted molar refractivity (Wildman–Crippen MR) is 107 cm³/mol. The van der Waals surface area contributed by atoms with E-state index in [0.29, 0.717) is 10.7 Å². The van der Waals surface area contributed by atoms with E-state index in [1.165, 1.54) is 17.8 Å². The Morgan fingerprint density at radius 3 is 2.62 bits per heavy atom. The summed E-state index contributed by atoms with van der Waals surface area (Å²) >= 11 is 4.59. The van der Waals surface area contributed by atoms with Crippen LogP contribution in [0, 0.1) is 12.7 Å². The fourth-order valence-corrected chi connectivity index (χ4v) is 3.64. The summed E-state index contributed by atoms with van der Waals surface area (Å²) in [4.78, 5) is 12.8. The molecule has 0 saturated carbocycles. The zero-order chi connectivity index (χ0) is 18.7. The molecule has 0 aliphatic rings. The molecular weight excluding hydrogens is 417 g/mol. The number of thioether (sulfide) groups is 1. The van der Waals surface area contributed by atoms with Crippen LogP contribution in [0.5, 0.6) is 0 Å². The highest BCUT2D eigenvalue weighted by molar-refractivity contribution is 9.10. The van der Waals surface area contributed by atoms with Gasteiger partial charge in [0.25, 0.3) is 0 Å². The van der Waals surface area contributed by atoms with Crippen LogP contribution in [0.4, 0.5) is 10.2 Å². The van der Waals surface area contributed by atoms with Crippen molar-refractivity contribution >= 4 is 39.4 Å². The molecule has 1 heterocycles. The predicted octanol–water partition coefficient (Wildman–Crippen LogP) is 5.03. The van der Waals surface area contributed by atoms with Crippen molar-refractivity contribution in [2.75, 3.05) is 11.1 Å². The van der Waals surface area contributed by atoms with Gasteiger partial charge in [-0.2, -0.15) is 5.10 Å². The fraction of sp³-hybridized carbons (Fsp3) is 0.158. The van der Waals surface area contributed by atoms with Gasteiger partial charge < -0.3 is 5.32 Å². The highest BCUT2D eigenvalue weighted by Gasteiger charge is 2.17. The first-order valence-corrected chi connectivity index (χ1v) is 9.70. The van der Waals surface area contributed by atoms with Gasteiger partial charge in [0.15, 0.2) is 0 Å². The van der Waals surface area contributed by atoms with E-state index in [4.69, 9.17) is 0 Å². The lowest BCUT2D eigenvalue weighted by Gasteiger charge is -2.09. The Bertz CT molecular complexity index is 940. The topological polar surface area (TPSA) is 46.9 Å². The SMILES string of the molecule is Cc1nn(C)c(NC(=O)CSc2ccccc2F)c1-c1ccc(Br)cc1. The molecule has 7 heteroatoms. The average Bonchev–Trinajstić information content (AvgIpc) is 2.88. The Kier molecular flexibility index (Phi) is 5.78. The van der Waals surface area contributed by atoms with Crippen molar-refractivity contribution in [1.29, 1.82) is 0 Å². The van der Waals surface area contributed by atoms with E-state index in [-0.39, 0.29) is 17.5 Å². The molecule has 0 spiro atoms. The van der Waals surface area contributed by atoms with Gasteiger partial charge in [-0.25, -0.2) is 4.39 Å². The molecule has 0 atom stereocenters. The van der Waals surface area contributed by atoms with Crippen LogP contribution in [0.15, 0.2) is 57.9 Å². The minimum Gasteiger partial charge on any atom is -0.310 e. The van der Waals surface area contributed by atoms with E-state index < -0.39 is 0 Å². The van der Waals surface area contributed by atoms with E-state index in [1.807, 2.05) is 31.2 Å². The van der Waals surface area contributed by atoms with E-state index in [0.717, 1.165) is 21.3 Å². The van der Waals surface area contributed by atoms with E-state index in [9.17, 15) is 9.18 Å². The molecule has 4 nitrogen and oxygen atoms in total. The number of benzene rings is 2. The smallest absolute Gasteiger partial charge is 0.235 e. The quantitative estimate of drug-likeness (QED) is 0.574. The first kappa shape index (κ1) is 18.7. The number of anilines is 1. The van der Waals surface area contributed by atoms with Crippen LogP contribution in [-0.4, -0.2) is 21.4 Å². The molecule has 26 heavy (non-hydrogen) atoms. The maximum absolute atomic E-state index is 13.7. The third-order valence-corrected chi connectivity index (χ3v) is 5.39. The summed E-state index contributed by atoms with van der Waals surface area (Å²) in [7, 11) is 1.79. The second-order valence-electron chi connectivity index (χ2n) is 5.71. The average molecular weight is 434 g/mol. The molecule has 1 amide bonds. The number of rotatable bonds is 5. The zero-order valence-corrected chi connectivity index (χ0v) is 16.7. The highest BCUT2D eigenvalue weighted by Crippen LogP contribution is 2.32. The third-order valence-electron chi connectivity index (χ3n) is 3.81. The van der Waals surface area contributed by atoms with Crippen molar-refractivity contribution in [3.8, 4) is 11.1 Å². The van der Waals surface area contributed by atoms with Gasteiger partial charge in [-0.05, 0) is 36.8 Å². The van der Waals surface area contributed by atoms with Crippen LogP contribution >= 0.6 is 27.7 Å². The monoisotopic (exact) mass is 433 g/mol. The van der Waals surface area contributed by atoms with Gasteiger partial charge in [-0.1, -0.05) is 40.2 Å². The number of hydrogen-bond donors (Lipinski definition) is 1. The number of amides is 1. The largest absolute Gasteiger partial charge is 0.310 e. The molecule has 134 valence electrons. The van der Waals surface area contributed by atoms with Gasteiger partial charge in [0.2, 0.25) is 5.91 Å². The van der Waals surface area contributed by atoms with Gasteiger partial charge in [0.05, 0.1) is 11.4 Å². The van der Waals surface area contributed by atoms with Crippen molar-refractivity contribution in [3.63, 3.8) is 0 Å². The number of aryl methyl sites for hydroxylation is 2. The second kappa shape index (κ2) is 8.05. The minimum absolute atomic E-state index is 0.116. The van der Waals surface area contributed by atoms with Crippen LogP contribution in [0.25, 0.3) is 11.1 Å². The second-order valence-corrected chi connectivity index (χ2v) is 7.64. The Balaban J connectivity index is 1.78. The summed E-state index contributed by atoms with van der Waals surface area (Å²) < 4.78 is 16.3. The van der Waals surface area contributed by atoms with E-state index in [2.05, 4.69) is 26.3 Å². The molecule has 1 N–H and O–H groups in total. The summed E-state index contributed by atoms with van der Waals surface area (Å²) in [5, 5.41) is 7.33. The van der Waals surface area contributed by atoms with Crippen LogP contribution in [-0.2, 0) is 11.8 Å². The van der Waals surface area contributed by atoms with Crippen LogP contribution < -0.4 is 5.32 Å². The van der Waals surface area contributed by atoms with Crippen LogP contribution in [0.3, 0.4) is 0 Å². The van der Waals surface area contributed by atoms with E-state index in [1.54, 1.807) is 29.9 Å². The summed E-state index contributed by atoms with van der Waals surface area (Å²) in [6.07, 6.45) is 0. The molecule has 0 saturated heterocycles. The fourth-order valence-electron chi connectivity index (χ4n) is 2.64. The van der Waals surface area contributed by atoms with Crippen molar-refractivity contribution < 1.29 is 9.18 Å². The summed E-state index contributed by atoms with van der Waals surface area (Å²) in [5.41, 5.74) is 2.67. The summed E-state index contributed by atoms with van der Waals surface area (Å²) in [6, 6.07) is 14.3. The minimum atomic E-state index is -0.322. The molecule has 0 aliphatic carbocycles. The zero-order valence-electron chi connectivity index (χ0n) is 14.3. The summed E-state index contributed by atoms with van der Waals surface area (Å²) in [5.74, 6) is 0.214. The molecule has 2 aromatic carbocycles. The maximum atomic E-state index is 13.7. The van der Waals surface area contributed by atoms with Crippen molar-refractivity contribution in [2.24, 2.45) is 7.05 Å². The van der Waals surface area contributed by atoms with Crippen LogP contribution in [0.1, 0.15) is 5.69 Å². The molecule has 0 unspecified atom stereocenters. The Morgan fingerprint density at radius 2 is 1.92 bits per heavy atom. The first-order valence-electron chi connectivity index (χ1n) is 7.92. The number of hydrogen-bond acceptors (Lipinski definition) is 3. The molecule has 0 radical (unpaired) electrons. The molecule has 0 fully saturated rings. The molecule has 1 aromatic heterocycles. The lowest BCUT2D eigenvalue weighted by molar-refractivity contribution is -0.113. The Labute approximate surface area is 163 Å². The Morgan fingerprint density at radius 1 is 1.23 bits per heavy atom.